The van der Waals surface area contributed by atoms with Crippen LogP contribution in [0, 0.1) is 0 Å². The van der Waals surface area contributed by atoms with Gasteiger partial charge in [-0.1, -0.05) is 13.8 Å². The van der Waals surface area contributed by atoms with Crippen molar-refractivity contribution in [3.8, 4) is 0 Å². The molecule has 0 saturated carbocycles. The van der Waals surface area contributed by atoms with E-state index in [1.165, 1.54) is 0 Å². The highest BCUT2D eigenvalue weighted by atomic mass is 16.1. The molecule has 0 saturated heterocycles. The molecule has 0 bridgehead atoms. The summed E-state index contributed by atoms with van der Waals surface area (Å²) in [4.78, 5) is 11.5. The Bertz CT molecular complexity index is 318. The van der Waals surface area contributed by atoms with Gasteiger partial charge < -0.3 is 5.73 Å². The topological polar surface area (TPSA) is 43.1 Å². The summed E-state index contributed by atoms with van der Waals surface area (Å²) < 4.78 is 0. The number of nitrogen functional groups attached to an aromatic ring is 1. The molecule has 0 atom stereocenters. The van der Waals surface area contributed by atoms with Crippen LogP contribution in [0.5, 0.6) is 0 Å². The maximum absolute atomic E-state index is 11.5. The van der Waals surface area contributed by atoms with Gasteiger partial charge in [-0.25, -0.2) is 0 Å². The summed E-state index contributed by atoms with van der Waals surface area (Å²) in [7, 11) is 0. The maximum Gasteiger partial charge on any atom is 0.162 e. The van der Waals surface area contributed by atoms with Crippen molar-refractivity contribution < 1.29 is 4.79 Å². The van der Waals surface area contributed by atoms with Crippen LogP contribution >= 0.6 is 0 Å². The molecule has 0 aromatic heterocycles. The lowest BCUT2D eigenvalue weighted by molar-refractivity contribution is 0.0987. The molecule has 1 rings (SSSR count). The maximum atomic E-state index is 11.5. The number of aryl methyl sites for hydroxylation is 1. The number of benzene rings is 1. The summed E-state index contributed by atoms with van der Waals surface area (Å²) in [5.74, 6) is 0.192. The molecule has 2 nitrogen and oxygen atoms in total. The largest absolute Gasteiger partial charge is 0.399 e. The highest BCUT2D eigenvalue weighted by molar-refractivity contribution is 5.97. The van der Waals surface area contributed by atoms with E-state index in [2.05, 4.69) is 0 Å². The van der Waals surface area contributed by atoms with Gasteiger partial charge in [-0.3, -0.25) is 4.79 Å². The van der Waals surface area contributed by atoms with Gasteiger partial charge in [0.1, 0.15) is 0 Å². The summed E-state index contributed by atoms with van der Waals surface area (Å²) in [6, 6.07) is 5.48. The van der Waals surface area contributed by atoms with E-state index in [-0.39, 0.29) is 5.78 Å². The molecular formula is C11H15NO. The first-order chi connectivity index (χ1) is 6.19. The third-order valence-electron chi connectivity index (χ3n) is 2.13. The van der Waals surface area contributed by atoms with Crippen molar-refractivity contribution in [3.05, 3.63) is 29.3 Å². The van der Waals surface area contributed by atoms with E-state index in [0.29, 0.717) is 6.42 Å². The summed E-state index contributed by atoms with van der Waals surface area (Å²) in [5, 5.41) is 0. The van der Waals surface area contributed by atoms with Crippen LogP contribution in [0.1, 0.15) is 36.2 Å². The fourth-order valence-corrected chi connectivity index (χ4v) is 1.37. The lowest BCUT2D eigenvalue weighted by Gasteiger charge is -2.06. The molecule has 0 unspecified atom stereocenters. The molecule has 0 amide bonds. The standard InChI is InChI=1S/C11H15NO/c1-3-8-7-9(12)5-6-10(8)11(13)4-2/h5-7H,3-4,12H2,1-2H3. The lowest BCUT2D eigenvalue weighted by atomic mass is 10.00. The fourth-order valence-electron chi connectivity index (χ4n) is 1.37. The highest BCUT2D eigenvalue weighted by Gasteiger charge is 2.07. The number of hydrogen-bond donors (Lipinski definition) is 1. The molecule has 0 aliphatic heterocycles. The molecule has 1 aromatic carbocycles. The van der Waals surface area contributed by atoms with Crippen LogP contribution < -0.4 is 5.73 Å². The van der Waals surface area contributed by atoms with Crippen LogP contribution in [0.3, 0.4) is 0 Å². The number of carbonyl (C=O) groups excluding carboxylic acids is 1. The van der Waals surface area contributed by atoms with Crippen LogP contribution in [0.15, 0.2) is 18.2 Å². The van der Waals surface area contributed by atoms with Crippen LogP contribution in [0.25, 0.3) is 0 Å². The number of anilines is 1. The molecule has 0 heterocycles. The van der Waals surface area contributed by atoms with Crippen molar-refractivity contribution in [1.82, 2.24) is 0 Å². The minimum Gasteiger partial charge on any atom is -0.399 e. The Kier molecular flexibility index (Phi) is 3.07. The van der Waals surface area contributed by atoms with Crippen LogP contribution in [0.2, 0.25) is 0 Å². The van der Waals surface area contributed by atoms with Gasteiger partial charge in [-0.15, -0.1) is 0 Å². The quantitative estimate of drug-likeness (QED) is 0.569. The van der Waals surface area contributed by atoms with Gasteiger partial charge in [-0.2, -0.15) is 0 Å². The predicted octanol–water partition coefficient (Wildman–Crippen LogP) is 2.42. The minimum atomic E-state index is 0.192. The SMILES string of the molecule is CCC(=O)c1ccc(N)cc1CC. The first-order valence-electron chi connectivity index (χ1n) is 4.60. The molecule has 0 spiro atoms. The monoisotopic (exact) mass is 177 g/mol. The van der Waals surface area contributed by atoms with E-state index in [1.807, 2.05) is 26.0 Å². The van der Waals surface area contributed by atoms with E-state index in [1.54, 1.807) is 6.07 Å². The lowest BCUT2D eigenvalue weighted by Crippen LogP contribution is -2.02. The molecule has 13 heavy (non-hydrogen) atoms. The van der Waals surface area contributed by atoms with E-state index < -0.39 is 0 Å². The predicted molar refractivity (Wildman–Crippen MR) is 54.9 cm³/mol. The van der Waals surface area contributed by atoms with Crippen molar-refractivity contribution >= 4 is 11.5 Å². The Morgan fingerprint density at radius 3 is 2.62 bits per heavy atom. The first kappa shape index (κ1) is 9.78. The highest BCUT2D eigenvalue weighted by Crippen LogP contribution is 2.15. The van der Waals surface area contributed by atoms with Crippen LogP contribution in [-0.2, 0) is 6.42 Å². The number of carbonyl (C=O) groups is 1. The third-order valence-corrected chi connectivity index (χ3v) is 2.13. The summed E-state index contributed by atoms with van der Waals surface area (Å²) in [6.45, 7) is 3.90. The Hall–Kier alpha value is -1.31. The van der Waals surface area contributed by atoms with Crippen molar-refractivity contribution in [2.75, 3.05) is 5.73 Å². The molecule has 0 fully saturated rings. The first-order valence-corrected chi connectivity index (χ1v) is 4.60. The van der Waals surface area contributed by atoms with Crippen molar-refractivity contribution in [1.29, 1.82) is 0 Å². The van der Waals surface area contributed by atoms with Gasteiger partial charge in [0.25, 0.3) is 0 Å². The second kappa shape index (κ2) is 4.08. The Morgan fingerprint density at radius 2 is 2.08 bits per heavy atom. The van der Waals surface area contributed by atoms with E-state index in [4.69, 9.17) is 5.73 Å². The normalized spacial score (nSPS) is 10.0. The average Bonchev–Trinajstić information content (AvgIpc) is 2.16. The summed E-state index contributed by atoms with van der Waals surface area (Å²) in [6.07, 6.45) is 1.41. The number of hydrogen-bond acceptors (Lipinski definition) is 2. The minimum absolute atomic E-state index is 0.192. The van der Waals surface area contributed by atoms with Gasteiger partial charge >= 0.3 is 0 Å². The van der Waals surface area contributed by atoms with Gasteiger partial charge in [0.15, 0.2) is 5.78 Å². The fraction of sp³-hybridized carbons (Fsp3) is 0.364. The number of Topliss-reactive ketones (excluding diaryl/α,β-unsaturated/α-hetero) is 1. The molecule has 2 N–H and O–H groups in total. The van der Waals surface area contributed by atoms with Crippen molar-refractivity contribution in [2.45, 2.75) is 26.7 Å². The third kappa shape index (κ3) is 2.08. The van der Waals surface area contributed by atoms with Crippen LogP contribution in [-0.4, -0.2) is 5.78 Å². The number of ketones is 1. The van der Waals surface area contributed by atoms with E-state index >= 15 is 0 Å². The second-order valence-electron chi connectivity index (χ2n) is 3.05. The molecule has 0 aliphatic carbocycles. The Morgan fingerprint density at radius 1 is 1.38 bits per heavy atom. The van der Waals surface area contributed by atoms with Gasteiger partial charge in [0, 0.05) is 17.7 Å². The molecular weight excluding hydrogens is 162 g/mol. The molecule has 70 valence electrons. The zero-order valence-electron chi connectivity index (χ0n) is 8.13. The van der Waals surface area contributed by atoms with E-state index in [0.717, 1.165) is 23.2 Å². The van der Waals surface area contributed by atoms with Crippen molar-refractivity contribution in [2.24, 2.45) is 0 Å². The second-order valence-corrected chi connectivity index (χ2v) is 3.05. The molecule has 0 radical (unpaired) electrons. The zero-order valence-corrected chi connectivity index (χ0v) is 8.13. The van der Waals surface area contributed by atoms with Gasteiger partial charge in [0.05, 0.1) is 0 Å². The number of rotatable bonds is 3. The summed E-state index contributed by atoms with van der Waals surface area (Å²) >= 11 is 0. The van der Waals surface area contributed by atoms with Gasteiger partial charge in [0.2, 0.25) is 0 Å². The van der Waals surface area contributed by atoms with Crippen LogP contribution in [0.4, 0.5) is 5.69 Å². The molecule has 1 aromatic rings. The zero-order chi connectivity index (χ0) is 9.84. The van der Waals surface area contributed by atoms with Crippen molar-refractivity contribution in [3.63, 3.8) is 0 Å². The molecule has 0 aliphatic rings. The van der Waals surface area contributed by atoms with E-state index in [9.17, 15) is 4.79 Å². The smallest absolute Gasteiger partial charge is 0.162 e. The Balaban J connectivity index is 3.13. The Labute approximate surface area is 78.8 Å². The molecule has 2 heteroatoms. The average molecular weight is 177 g/mol. The summed E-state index contributed by atoms with van der Waals surface area (Å²) in [5.41, 5.74) is 8.23. The van der Waals surface area contributed by atoms with Gasteiger partial charge in [-0.05, 0) is 30.2 Å². The number of nitrogens with two attached hydrogens (primary N) is 1.